The third kappa shape index (κ3) is 2.99. The van der Waals surface area contributed by atoms with Crippen LogP contribution in [-0.4, -0.2) is 9.36 Å². The minimum Gasteiger partial charge on any atom is -0.444 e. The Kier molecular flexibility index (Phi) is 4.05. The first-order valence-electron chi connectivity index (χ1n) is 6.79. The molecule has 0 saturated heterocycles. The number of thiophene rings is 1. The summed E-state index contributed by atoms with van der Waals surface area (Å²) in [4.78, 5) is 10.3. The van der Waals surface area contributed by atoms with Gasteiger partial charge in [-0.3, -0.25) is 0 Å². The summed E-state index contributed by atoms with van der Waals surface area (Å²) in [6, 6.07) is 12.3. The van der Waals surface area contributed by atoms with Crippen molar-refractivity contribution in [3.05, 3.63) is 59.3 Å². The molecule has 0 N–H and O–H groups in total. The number of nitrogens with zero attached hydrogens (tertiary/aromatic N) is 2. The predicted octanol–water partition coefficient (Wildman–Crippen LogP) is 5.57. The molecule has 110 valence electrons. The number of fused-ring (bicyclic) bond motifs is 1. The molecule has 0 unspecified atom stereocenters. The standard InChI is InChI=1S/C16H12N2OS3/c1-2-5-13-11(4-1)9-21-16(18-13)22-10-12-8-19-15(17-12)14-6-3-7-20-14/h1-8H,9-10H2. The van der Waals surface area contributed by atoms with Gasteiger partial charge in [-0.2, -0.15) is 0 Å². The molecule has 0 fully saturated rings. The predicted molar refractivity (Wildman–Crippen MR) is 95.9 cm³/mol. The van der Waals surface area contributed by atoms with Gasteiger partial charge in [0.1, 0.15) is 10.6 Å². The maximum Gasteiger partial charge on any atom is 0.236 e. The van der Waals surface area contributed by atoms with E-state index in [1.54, 1.807) is 41.1 Å². The second-order valence-electron chi connectivity index (χ2n) is 4.71. The highest BCUT2D eigenvalue weighted by Crippen LogP contribution is 2.35. The van der Waals surface area contributed by atoms with Crippen molar-refractivity contribution in [1.82, 2.24) is 4.98 Å². The van der Waals surface area contributed by atoms with Crippen LogP contribution in [0, 0.1) is 0 Å². The third-order valence-corrected chi connectivity index (χ3v) is 6.32. The SMILES string of the molecule is c1csc(-c2nc(CSC3=Nc4ccccc4CS3)co2)c1. The molecule has 1 aliphatic rings. The van der Waals surface area contributed by atoms with Gasteiger partial charge in [0.2, 0.25) is 5.89 Å². The van der Waals surface area contributed by atoms with Crippen molar-refractivity contribution in [2.24, 2.45) is 4.99 Å². The van der Waals surface area contributed by atoms with Gasteiger partial charge >= 0.3 is 0 Å². The smallest absolute Gasteiger partial charge is 0.236 e. The second-order valence-corrected chi connectivity index (χ2v) is 7.84. The summed E-state index contributed by atoms with van der Waals surface area (Å²) >= 11 is 5.14. The third-order valence-electron chi connectivity index (χ3n) is 3.18. The van der Waals surface area contributed by atoms with Gasteiger partial charge in [0.15, 0.2) is 0 Å². The van der Waals surface area contributed by atoms with Crippen LogP contribution in [0.1, 0.15) is 11.3 Å². The van der Waals surface area contributed by atoms with Crippen LogP contribution in [0.3, 0.4) is 0 Å². The maximum absolute atomic E-state index is 5.54. The van der Waals surface area contributed by atoms with Gasteiger partial charge in [-0.25, -0.2) is 9.98 Å². The van der Waals surface area contributed by atoms with Crippen LogP contribution in [0.4, 0.5) is 5.69 Å². The number of hydrogen-bond donors (Lipinski definition) is 0. The highest BCUT2D eigenvalue weighted by atomic mass is 32.2. The Morgan fingerprint density at radius 3 is 3.05 bits per heavy atom. The van der Waals surface area contributed by atoms with E-state index in [2.05, 4.69) is 23.2 Å². The number of aromatic nitrogens is 1. The van der Waals surface area contributed by atoms with E-state index >= 15 is 0 Å². The molecule has 0 atom stereocenters. The molecule has 0 bridgehead atoms. The van der Waals surface area contributed by atoms with E-state index in [9.17, 15) is 0 Å². The van der Waals surface area contributed by atoms with Gasteiger partial charge in [-0.1, -0.05) is 47.8 Å². The molecule has 0 saturated carbocycles. The summed E-state index contributed by atoms with van der Waals surface area (Å²) in [6.07, 6.45) is 1.74. The van der Waals surface area contributed by atoms with E-state index < -0.39 is 0 Å². The van der Waals surface area contributed by atoms with Crippen molar-refractivity contribution in [3.8, 4) is 10.8 Å². The summed E-state index contributed by atoms with van der Waals surface area (Å²) in [5.74, 6) is 2.47. The van der Waals surface area contributed by atoms with Crippen molar-refractivity contribution >= 4 is 44.9 Å². The Morgan fingerprint density at radius 2 is 2.14 bits per heavy atom. The van der Waals surface area contributed by atoms with Gasteiger partial charge in [0, 0.05) is 11.5 Å². The van der Waals surface area contributed by atoms with Crippen molar-refractivity contribution in [1.29, 1.82) is 0 Å². The summed E-state index contributed by atoms with van der Waals surface area (Å²) in [5, 5.41) is 2.03. The zero-order valence-electron chi connectivity index (χ0n) is 11.6. The molecule has 1 aromatic carbocycles. The number of thioether (sulfide) groups is 2. The van der Waals surface area contributed by atoms with E-state index in [0.29, 0.717) is 5.89 Å². The highest BCUT2D eigenvalue weighted by molar-refractivity contribution is 8.38. The van der Waals surface area contributed by atoms with Gasteiger partial charge in [0.05, 0.1) is 16.3 Å². The molecule has 0 amide bonds. The van der Waals surface area contributed by atoms with Crippen LogP contribution in [0.15, 0.2) is 57.5 Å². The first kappa shape index (κ1) is 14.1. The molecule has 2 aromatic heterocycles. The van der Waals surface area contributed by atoms with Gasteiger partial charge in [-0.05, 0) is 23.1 Å². The Labute approximate surface area is 140 Å². The maximum atomic E-state index is 5.54. The Hall–Kier alpha value is -1.50. The molecule has 22 heavy (non-hydrogen) atoms. The molecule has 3 nitrogen and oxygen atoms in total. The molecule has 6 heteroatoms. The van der Waals surface area contributed by atoms with E-state index in [1.807, 2.05) is 23.6 Å². The van der Waals surface area contributed by atoms with Crippen LogP contribution in [0.2, 0.25) is 0 Å². The zero-order chi connectivity index (χ0) is 14.8. The van der Waals surface area contributed by atoms with Crippen molar-refractivity contribution in [2.75, 3.05) is 0 Å². The number of para-hydroxylation sites is 1. The first-order valence-corrected chi connectivity index (χ1v) is 9.64. The lowest BCUT2D eigenvalue weighted by Crippen LogP contribution is -1.96. The van der Waals surface area contributed by atoms with E-state index in [-0.39, 0.29) is 0 Å². The van der Waals surface area contributed by atoms with Gasteiger partial charge < -0.3 is 4.42 Å². The largest absolute Gasteiger partial charge is 0.444 e. The molecule has 0 aliphatic carbocycles. The lowest BCUT2D eigenvalue weighted by atomic mass is 10.2. The molecule has 4 rings (SSSR count). The fourth-order valence-corrected chi connectivity index (χ4v) is 4.70. The van der Waals surface area contributed by atoms with E-state index in [1.165, 1.54) is 5.56 Å². The molecule has 0 spiro atoms. The number of aliphatic imine (C=N–C) groups is 1. The van der Waals surface area contributed by atoms with Crippen LogP contribution in [0.5, 0.6) is 0 Å². The molecule has 0 radical (unpaired) electrons. The molecule has 3 heterocycles. The second kappa shape index (κ2) is 6.32. The van der Waals surface area contributed by atoms with Crippen LogP contribution in [-0.2, 0) is 11.5 Å². The highest BCUT2D eigenvalue weighted by Gasteiger charge is 2.14. The Morgan fingerprint density at radius 1 is 1.18 bits per heavy atom. The van der Waals surface area contributed by atoms with Gasteiger partial charge in [0.25, 0.3) is 0 Å². The summed E-state index contributed by atoms with van der Waals surface area (Å²) in [7, 11) is 0. The number of hydrogen-bond acceptors (Lipinski definition) is 6. The molecule has 1 aliphatic heterocycles. The minimum absolute atomic E-state index is 0.703. The number of benzene rings is 1. The average molecular weight is 344 g/mol. The fourth-order valence-electron chi connectivity index (χ4n) is 2.11. The summed E-state index contributed by atoms with van der Waals surface area (Å²) in [5.41, 5.74) is 3.34. The molecular weight excluding hydrogens is 332 g/mol. The minimum atomic E-state index is 0.703. The van der Waals surface area contributed by atoms with Crippen molar-refractivity contribution in [2.45, 2.75) is 11.5 Å². The Balaban J connectivity index is 1.44. The van der Waals surface area contributed by atoms with Crippen molar-refractivity contribution in [3.63, 3.8) is 0 Å². The number of oxazole rings is 1. The monoisotopic (exact) mass is 344 g/mol. The van der Waals surface area contributed by atoms with Gasteiger partial charge in [-0.15, -0.1) is 11.3 Å². The van der Waals surface area contributed by atoms with E-state index in [0.717, 1.165) is 32.1 Å². The van der Waals surface area contributed by atoms with Crippen LogP contribution < -0.4 is 0 Å². The number of rotatable bonds is 3. The summed E-state index contributed by atoms with van der Waals surface area (Å²) in [6.45, 7) is 0. The molecule has 3 aromatic rings. The van der Waals surface area contributed by atoms with Crippen LogP contribution >= 0.6 is 34.9 Å². The zero-order valence-corrected chi connectivity index (χ0v) is 14.0. The fraction of sp³-hybridized carbons (Fsp3) is 0.125. The van der Waals surface area contributed by atoms with Crippen molar-refractivity contribution < 1.29 is 4.42 Å². The molecular formula is C16H12N2OS3. The Bertz CT molecular complexity index is 808. The normalized spacial score (nSPS) is 13.7. The lowest BCUT2D eigenvalue weighted by Gasteiger charge is -2.13. The average Bonchev–Trinajstić information content (AvgIpc) is 3.24. The van der Waals surface area contributed by atoms with E-state index in [4.69, 9.17) is 9.41 Å². The summed E-state index contributed by atoms with van der Waals surface area (Å²) < 4.78 is 6.64. The topological polar surface area (TPSA) is 38.4 Å². The quantitative estimate of drug-likeness (QED) is 0.622. The van der Waals surface area contributed by atoms with Crippen LogP contribution in [0.25, 0.3) is 10.8 Å². The lowest BCUT2D eigenvalue weighted by molar-refractivity contribution is 0.575. The first-order chi connectivity index (χ1) is 10.9.